The van der Waals surface area contributed by atoms with Crippen LogP contribution in [0.4, 0.5) is 10.2 Å². The van der Waals surface area contributed by atoms with Crippen LogP contribution in [0.2, 0.25) is 5.02 Å². The van der Waals surface area contributed by atoms with Crippen molar-refractivity contribution in [3.8, 4) is 17.1 Å². The van der Waals surface area contributed by atoms with Gasteiger partial charge in [-0.3, -0.25) is 10.00 Å². The van der Waals surface area contributed by atoms with E-state index in [1.807, 2.05) is 18.2 Å². The Hall–Kier alpha value is -3.27. The van der Waals surface area contributed by atoms with Gasteiger partial charge in [0.2, 0.25) is 0 Å². The largest absolute Gasteiger partial charge is 0.461 e. The molecule has 0 aliphatic carbocycles. The van der Waals surface area contributed by atoms with E-state index in [4.69, 9.17) is 26.3 Å². The second kappa shape index (κ2) is 9.62. The first-order valence-corrected chi connectivity index (χ1v) is 15.4. The van der Waals surface area contributed by atoms with Crippen molar-refractivity contribution in [3.63, 3.8) is 0 Å². The molecule has 4 fully saturated rings. The summed E-state index contributed by atoms with van der Waals surface area (Å²) in [7, 11) is 0. The first-order valence-electron chi connectivity index (χ1n) is 15.0. The van der Waals surface area contributed by atoms with Crippen LogP contribution < -0.4 is 15.0 Å². The molecule has 0 radical (unpaired) electrons. The minimum absolute atomic E-state index is 0.0796. The molecule has 2 unspecified atom stereocenters. The van der Waals surface area contributed by atoms with Crippen LogP contribution in [0.1, 0.15) is 44.1 Å². The van der Waals surface area contributed by atoms with E-state index in [9.17, 15) is 0 Å². The van der Waals surface area contributed by atoms with E-state index >= 15 is 4.39 Å². The number of aromatic nitrogens is 4. The third-order valence-corrected chi connectivity index (χ3v) is 10.6. The Morgan fingerprint density at radius 1 is 1.17 bits per heavy atom. The Labute approximate surface area is 249 Å². The highest BCUT2D eigenvalue weighted by Gasteiger charge is 2.46. The lowest BCUT2D eigenvalue weighted by molar-refractivity contribution is 0.108. The second-order valence-corrected chi connectivity index (χ2v) is 13.1. The molecule has 4 saturated heterocycles. The molecule has 8 nitrogen and oxygen atoms in total. The molecular weight excluding hydrogens is 553 g/mol. The highest BCUT2D eigenvalue weighted by Crippen LogP contribution is 2.43. The molecule has 0 amide bonds. The average Bonchev–Trinajstić information content (AvgIpc) is 3.76. The van der Waals surface area contributed by atoms with Crippen LogP contribution in [0.25, 0.3) is 32.9 Å². The number of halogens is 2. The standard InChI is InChI=1S/C32H35ClFN7O/c1-3-31-9-6-20(38-31)16-40(17-31)29-22-12-24(33)21(28-19(2)25(34)14-27-23(28)15-35-39-27)13-26(22)36-30(37-29)42-18-32-7-4-10-41(32)11-5-8-32/h3,12-15,20,38H,1,4-11,16-18H2,2H3,(H,35,39). The molecule has 2 bridgehead atoms. The van der Waals surface area contributed by atoms with Crippen LogP contribution in [-0.4, -0.2) is 75.0 Å². The summed E-state index contributed by atoms with van der Waals surface area (Å²) >= 11 is 7.02. The van der Waals surface area contributed by atoms with Gasteiger partial charge in [-0.15, -0.1) is 6.58 Å². The normalized spacial score (nSPS) is 25.0. The first-order chi connectivity index (χ1) is 20.4. The Bertz CT molecular complexity index is 1730. The van der Waals surface area contributed by atoms with E-state index < -0.39 is 0 Å². The molecule has 8 rings (SSSR count). The molecule has 4 aliphatic heterocycles. The van der Waals surface area contributed by atoms with Crippen LogP contribution >= 0.6 is 11.6 Å². The predicted octanol–water partition coefficient (Wildman–Crippen LogP) is 5.78. The van der Waals surface area contributed by atoms with Gasteiger partial charge in [-0.05, 0) is 82.3 Å². The van der Waals surface area contributed by atoms with Crippen molar-refractivity contribution in [2.45, 2.75) is 62.6 Å². The fraction of sp³-hybridized carbons (Fsp3) is 0.469. The summed E-state index contributed by atoms with van der Waals surface area (Å²) in [4.78, 5) is 14.9. The number of fused-ring (bicyclic) bond motifs is 5. The van der Waals surface area contributed by atoms with Crippen LogP contribution in [0, 0.1) is 12.7 Å². The molecule has 6 heterocycles. The van der Waals surface area contributed by atoms with E-state index in [1.54, 1.807) is 13.1 Å². The quantitative estimate of drug-likeness (QED) is 0.277. The number of anilines is 1. The molecule has 2 atom stereocenters. The summed E-state index contributed by atoms with van der Waals surface area (Å²) < 4.78 is 21.5. The number of benzene rings is 2. The maximum absolute atomic E-state index is 15.0. The van der Waals surface area contributed by atoms with Gasteiger partial charge in [0, 0.05) is 46.1 Å². The van der Waals surface area contributed by atoms with Crippen LogP contribution in [0.5, 0.6) is 6.01 Å². The van der Waals surface area contributed by atoms with Gasteiger partial charge in [0.25, 0.3) is 0 Å². The Balaban J connectivity index is 1.27. The first kappa shape index (κ1) is 26.4. The summed E-state index contributed by atoms with van der Waals surface area (Å²) in [6.07, 6.45) is 10.6. The van der Waals surface area contributed by atoms with E-state index in [0.717, 1.165) is 74.0 Å². The zero-order chi connectivity index (χ0) is 28.6. The molecule has 2 aromatic heterocycles. The third kappa shape index (κ3) is 4.04. The monoisotopic (exact) mass is 587 g/mol. The molecule has 2 N–H and O–H groups in total. The van der Waals surface area contributed by atoms with Crippen molar-refractivity contribution in [1.29, 1.82) is 0 Å². The number of ether oxygens (including phenoxy) is 1. The van der Waals surface area contributed by atoms with Crippen molar-refractivity contribution >= 4 is 39.2 Å². The molecule has 42 heavy (non-hydrogen) atoms. The van der Waals surface area contributed by atoms with Gasteiger partial charge in [-0.1, -0.05) is 17.7 Å². The lowest BCUT2D eigenvalue weighted by atomic mass is 9.95. The van der Waals surface area contributed by atoms with E-state index in [0.29, 0.717) is 45.9 Å². The number of aromatic amines is 1. The minimum atomic E-state index is -0.312. The topological polar surface area (TPSA) is 82.2 Å². The van der Waals surface area contributed by atoms with Crippen LogP contribution in [0.3, 0.4) is 0 Å². The van der Waals surface area contributed by atoms with Gasteiger partial charge in [0.05, 0.1) is 28.3 Å². The lowest BCUT2D eigenvalue weighted by Gasteiger charge is -2.40. The molecular formula is C32H35ClFN7O. The molecule has 0 spiro atoms. The van der Waals surface area contributed by atoms with Gasteiger partial charge in [0.15, 0.2) is 0 Å². The maximum atomic E-state index is 15.0. The van der Waals surface area contributed by atoms with Crippen molar-refractivity contribution < 1.29 is 9.13 Å². The van der Waals surface area contributed by atoms with Gasteiger partial charge >= 0.3 is 6.01 Å². The summed E-state index contributed by atoms with van der Waals surface area (Å²) in [6.45, 7) is 10.4. The van der Waals surface area contributed by atoms with E-state index in [1.165, 1.54) is 18.9 Å². The smallest absolute Gasteiger partial charge is 0.319 e. The number of nitrogens with one attached hydrogen (secondary N) is 2. The zero-order valence-corrected chi connectivity index (χ0v) is 24.6. The summed E-state index contributed by atoms with van der Waals surface area (Å²) in [5.41, 5.74) is 3.22. The Kier molecular flexibility index (Phi) is 6.04. The van der Waals surface area contributed by atoms with E-state index in [-0.39, 0.29) is 16.9 Å². The number of piperazine rings is 1. The van der Waals surface area contributed by atoms with Gasteiger partial charge < -0.3 is 15.0 Å². The van der Waals surface area contributed by atoms with Crippen LogP contribution in [-0.2, 0) is 0 Å². The van der Waals surface area contributed by atoms with Gasteiger partial charge in [-0.25, -0.2) is 4.39 Å². The Morgan fingerprint density at radius 2 is 2.00 bits per heavy atom. The van der Waals surface area contributed by atoms with Crippen LogP contribution in [0.15, 0.2) is 37.1 Å². The minimum Gasteiger partial charge on any atom is -0.461 e. The average molecular weight is 588 g/mol. The molecule has 2 aromatic carbocycles. The number of H-pyrrole nitrogens is 1. The van der Waals surface area contributed by atoms with Gasteiger partial charge in [0.1, 0.15) is 18.2 Å². The van der Waals surface area contributed by atoms with Crippen molar-refractivity contribution in [2.75, 3.05) is 37.7 Å². The fourth-order valence-electron chi connectivity index (χ4n) is 8.08. The molecule has 4 aliphatic rings. The van der Waals surface area contributed by atoms with E-state index in [2.05, 4.69) is 31.9 Å². The fourth-order valence-corrected chi connectivity index (χ4v) is 8.34. The Morgan fingerprint density at radius 3 is 2.81 bits per heavy atom. The van der Waals surface area contributed by atoms with Crippen molar-refractivity contribution in [2.24, 2.45) is 0 Å². The number of rotatable bonds is 6. The zero-order valence-electron chi connectivity index (χ0n) is 23.8. The molecule has 0 saturated carbocycles. The lowest BCUT2D eigenvalue weighted by Crippen LogP contribution is -2.58. The highest BCUT2D eigenvalue weighted by molar-refractivity contribution is 6.35. The number of hydrogen-bond acceptors (Lipinski definition) is 7. The van der Waals surface area contributed by atoms with Crippen molar-refractivity contribution in [1.82, 2.24) is 30.4 Å². The van der Waals surface area contributed by atoms with Gasteiger partial charge in [-0.2, -0.15) is 15.1 Å². The third-order valence-electron chi connectivity index (χ3n) is 10.3. The van der Waals surface area contributed by atoms with Crippen molar-refractivity contribution in [3.05, 3.63) is 53.5 Å². The highest BCUT2D eigenvalue weighted by atomic mass is 35.5. The second-order valence-electron chi connectivity index (χ2n) is 12.7. The summed E-state index contributed by atoms with van der Waals surface area (Å²) in [5.74, 6) is 0.507. The predicted molar refractivity (Wildman–Crippen MR) is 164 cm³/mol. The summed E-state index contributed by atoms with van der Waals surface area (Å²) in [6, 6.07) is 6.10. The molecule has 4 aromatic rings. The number of nitrogens with zero attached hydrogens (tertiary/aromatic N) is 5. The molecule has 218 valence electrons. The maximum Gasteiger partial charge on any atom is 0.319 e. The molecule has 10 heteroatoms. The summed E-state index contributed by atoms with van der Waals surface area (Å²) in [5, 5.41) is 13.0. The SMILES string of the molecule is C=CC12CCC(CN(c3nc(OCC45CCCN4CCC5)nc4cc(-c5c(C)c(F)cc6[nH]ncc56)c(Cl)cc34)C1)N2. The number of hydrogen-bond donors (Lipinski definition) is 2.